The Kier molecular flexibility index (Phi) is 5.18. The normalized spacial score (nSPS) is 22.8. The van der Waals surface area contributed by atoms with E-state index >= 15 is 0 Å². The molecule has 0 spiro atoms. The number of carbonyl (C=O) groups excluding carboxylic acids is 1. The molecule has 4 nitrogen and oxygen atoms in total. The molecular weight excluding hydrogens is 320 g/mol. The molecule has 0 unspecified atom stereocenters. The molecule has 0 N–H and O–H groups in total. The van der Waals surface area contributed by atoms with Crippen LogP contribution in [-0.2, 0) is 4.79 Å². The molecule has 3 rings (SSSR count). The van der Waals surface area contributed by atoms with Crippen molar-refractivity contribution >= 4 is 28.5 Å². The summed E-state index contributed by atoms with van der Waals surface area (Å²) in [5.41, 5.74) is 0.646. The van der Waals surface area contributed by atoms with Gasteiger partial charge in [0.15, 0.2) is 5.17 Å². The average Bonchev–Trinajstić information content (AvgIpc) is 2.89. The van der Waals surface area contributed by atoms with Crippen LogP contribution in [-0.4, -0.2) is 34.4 Å². The first-order chi connectivity index (χ1) is 11.5. The molecule has 1 heterocycles. The number of amidine groups is 1. The molecule has 2 aliphatic rings. The largest absolute Gasteiger partial charge is 0.497 e. The van der Waals surface area contributed by atoms with Crippen molar-refractivity contribution in [3.05, 3.63) is 24.3 Å². The van der Waals surface area contributed by atoms with Crippen LogP contribution in [0.2, 0.25) is 0 Å². The van der Waals surface area contributed by atoms with Crippen LogP contribution in [0, 0.1) is 5.92 Å². The predicted molar refractivity (Wildman–Crippen MR) is 100 cm³/mol. The third-order valence-electron chi connectivity index (χ3n) is 4.80. The van der Waals surface area contributed by atoms with Gasteiger partial charge in [0.25, 0.3) is 0 Å². The maximum atomic E-state index is 13.1. The fourth-order valence-electron chi connectivity index (χ4n) is 3.43. The van der Waals surface area contributed by atoms with E-state index in [1.165, 1.54) is 19.3 Å². The van der Waals surface area contributed by atoms with Gasteiger partial charge in [-0.1, -0.05) is 37.1 Å². The van der Waals surface area contributed by atoms with Crippen molar-refractivity contribution in [3.63, 3.8) is 0 Å². The minimum Gasteiger partial charge on any atom is -0.497 e. The molecule has 1 amide bonds. The quantitative estimate of drug-likeness (QED) is 0.802. The summed E-state index contributed by atoms with van der Waals surface area (Å²) in [5.74, 6) is 2.08. The second-order valence-corrected chi connectivity index (χ2v) is 8.15. The number of hydrogen-bond donors (Lipinski definition) is 0. The summed E-state index contributed by atoms with van der Waals surface area (Å²) in [6.07, 6.45) is 5.62. The highest BCUT2D eigenvalue weighted by Gasteiger charge is 2.43. The lowest BCUT2D eigenvalue weighted by atomic mass is 9.87. The van der Waals surface area contributed by atoms with E-state index in [1.807, 2.05) is 29.2 Å². The standard InChI is InChI=1S/C19H26N2O2S/c1-19(2)13-24-18(20-15-10-7-11-16(12-15)23-3)21(19)17(22)14-8-5-4-6-9-14/h7,10-12,14H,4-6,8-9,13H2,1-3H3. The van der Waals surface area contributed by atoms with Gasteiger partial charge in [-0.15, -0.1) is 0 Å². The van der Waals surface area contributed by atoms with Crippen molar-refractivity contribution in [2.24, 2.45) is 10.9 Å². The molecule has 1 saturated heterocycles. The van der Waals surface area contributed by atoms with E-state index in [4.69, 9.17) is 9.73 Å². The monoisotopic (exact) mass is 346 g/mol. The number of aliphatic imine (C=N–C) groups is 1. The lowest BCUT2D eigenvalue weighted by Gasteiger charge is -2.34. The molecule has 1 aromatic carbocycles. The van der Waals surface area contributed by atoms with Crippen molar-refractivity contribution in [3.8, 4) is 5.75 Å². The topological polar surface area (TPSA) is 41.9 Å². The molecule has 24 heavy (non-hydrogen) atoms. The summed E-state index contributed by atoms with van der Waals surface area (Å²) in [7, 11) is 1.65. The zero-order chi connectivity index (χ0) is 17.2. The first-order valence-corrected chi connectivity index (χ1v) is 9.69. The molecule has 1 aliphatic carbocycles. The van der Waals surface area contributed by atoms with Crippen molar-refractivity contribution in [1.82, 2.24) is 4.90 Å². The molecule has 0 radical (unpaired) electrons. The molecule has 0 bridgehead atoms. The van der Waals surface area contributed by atoms with Crippen LogP contribution >= 0.6 is 11.8 Å². The first-order valence-electron chi connectivity index (χ1n) is 8.71. The highest BCUT2D eigenvalue weighted by atomic mass is 32.2. The zero-order valence-corrected chi connectivity index (χ0v) is 15.6. The fourth-order valence-corrected chi connectivity index (χ4v) is 4.67. The summed E-state index contributed by atoms with van der Waals surface area (Å²) in [4.78, 5) is 19.9. The third kappa shape index (κ3) is 3.61. The van der Waals surface area contributed by atoms with Gasteiger partial charge in [0.2, 0.25) is 5.91 Å². The first kappa shape index (κ1) is 17.3. The van der Waals surface area contributed by atoms with Gasteiger partial charge in [-0.3, -0.25) is 9.69 Å². The fraction of sp³-hybridized carbons (Fsp3) is 0.579. The van der Waals surface area contributed by atoms with Crippen LogP contribution in [0.5, 0.6) is 5.75 Å². The highest BCUT2D eigenvalue weighted by Crippen LogP contribution is 2.38. The number of benzene rings is 1. The molecule has 1 aliphatic heterocycles. The number of hydrogen-bond acceptors (Lipinski definition) is 4. The van der Waals surface area contributed by atoms with E-state index in [9.17, 15) is 4.79 Å². The molecule has 5 heteroatoms. The lowest BCUT2D eigenvalue weighted by Crippen LogP contribution is -2.49. The molecule has 130 valence electrons. The Morgan fingerprint density at radius 2 is 2.04 bits per heavy atom. The van der Waals surface area contributed by atoms with Crippen molar-refractivity contribution in [2.75, 3.05) is 12.9 Å². The Morgan fingerprint density at radius 1 is 1.29 bits per heavy atom. The summed E-state index contributed by atoms with van der Waals surface area (Å²) in [6, 6.07) is 7.68. The molecule has 1 saturated carbocycles. The average molecular weight is 346 g/mol. The third-order valence-corrected chi connectivity index (χ3v) is 6.19. The van der Waals surface area contributed by atoms with Crippen LogP contribution < -0.4 is 4.74 Å². The maximum absolute atomic E-state index is 13.1. The number of nitrogens with zero attached hydrogens (tertiary/aromatic N) is 2. The van der Waals surface area contributed by atoms with Crippen molar-refractivity contribution < 1.29 is 9.53 Å². The number of carbonyl (C=O) groups is 1. The second kappa shape index (κ2) is 7.18. The number of rotatable bonds is 3. The van der Waals surface area contributed by atoms with Gasteiger partial charge in [0.05, 0.1) is 18.3 Å². The van der Waals surface area contributed by atoms with Crippen molar-refractivity contribution in [2.45, 2.75) is 51.5 Å². The molecular formula is C19H26N2O2S. The van der Waals surface area contributed by atoms with Crippen molar-refractivity contribution in [1.29, 1.82) is 0 Å². The van der Waals surface area contributed by atoms with E-state index in [1.54, 1.807) is 18.9 Å². The smallest absolute Gasteiger partial charge is 0.232 e. The summed E-state index contributed by atoms with van der Waals surface area (Å²) < 4.78 is 5.27. The summed E-state index contributed by atoms with van der Waals surface area (Å²) in [5, 5.41) is 0.823. The molecule has 0 atom stereocenters. The summed E-state index contributed by atoms with van der Waals surface area (Å²) >= 11 is 1.67. The van der Waals surface area contributed by atoms with Gasteiger partial charge in [-0.05, 0) is 38.8 Å². The minimum absolute atomic E-state index is 0.159. The number of ether oxygens (including phenoxy) is 1. The van der Waals surface area contributed by atoms with Gasteiger partial charge in [0, 0.05) is 17.7 Å². The van der Waals surface area contributed by atoms with Crippen LogP contribution in [0.25, 0.3) is 0 Å². The van der Waals surface area contributed by atoms with Gasteiger partial charge in [-0.25, -0.2) is 4.99 Å². The van der Waals surface area contributed by atoms with E-state index in [-0.39, 0.29) is 17.4 Å². The van der Waals surface area contributed by atoms with Crippen LogP contribution in [0.1, 0.15) is 46.0 Å². The second-order valence-electron chi connectivity index (χ2n) is 7.21. The lowest BCUT2D eigenvalue weighted by molar-refractivity contribution is -0.135. The maximum Gasteiger partial charge on any atom is 0.232 e. The van der Waals surface area contributed by atoms with Gasteiger partial charge < -0.3 is 4.74 Å². The van der Waals surface area contributed by atoms with Gasteiger partial charge >= 0.3 is 0 Å². The highest BCUT2D eigenvalue weighted by molar-refractivity contribution is 8.14. The number of methoxy groups -OCH3 is 1. The van der Waals surface area contributed by atoms with E-state index in [0.29, 0.717) is 0 Å². The number of thioether (sulfide) groups is 1. The molecule has 0 aromatic heterocycles. The van der Waals surface area contributed by atoms with E-state index < -0.39 is 0 Å². The van der Waals surface area contributed by atoms with Crippen LogP contribution in [0.3, 0.4) is 0 Å². The van der Waals surface area contributed by atoms with E-state index in [2.05, 4.69) is 13.8 Å². The minimum atomic E-state index is -0.184. The summed E-state index contributed by atoms with van der Waals surface area (Å²) in [6.45, 7) is 4.27. The Hall–Kier alpha value is -1.49. The Bertz CT molecular complexity index is 636. The zero-order valence-electron chi connectivity index (χ0n) is 14.7. The molecule has 1 aromatic rings. The van der Waals surface area contributed by atoms with Crippen LogP contribution in [0.4, 0.5) is 5.69 Å². The Labute approximate surface area is 148 Å². The van der Waals surface area contributed by atoms with Crippen LogP contribution in [0.15, 0.2) is 29.3 Å². The van der Waals surface area contributed by atoms with Gasteiger partial charge in [0.1, 0.15) is 5.75 Å². The Morgan fingerprint density at radius 3 is 2.75 bits per heavy atom. The SMILES string of the molecule is COc1cccc(N=C2SCC(C)(C)N2C(=O)C2CCCCC2)c1. The number of amides is 1. The predicted octanol–water partition coefficient (Wildman–Crippen LogP) is 4.62. The Balaban J connectivity index is 1.88. The van der Waals surface area contributed by atoms with Gasteiger partial charge in [-0.2, -0.15) is 0 Å². The van der Waals surface area contributed by atoms with E-state index in [0.717, 1.165) is 35.2 Å². The molecule has 2 fully saturated rings.